The fraction of sp³-hybridized carbons (Fsp3) is 0.300. The number of nitrogens with zero attached hydrogens (tertiary/aromatic N) is 2. The molecular weight excluding hydrogens is 348 g/mol. The molecule has 0 fully saturated rings. The summed E-state index contributed by atoms with van der Waals surface area (Å²) in [6, 6.07) is 11.5. The minimum Gasteiger partial charge on any atom is -0.462 e. The number of amides is 1. The van der Waals surface area contributed by atoms with E-state index in [0.29, 0.717) is 37.2 Å². The second kappa shape index (κ2) is 7.99. The summed E-state index contributed by atoms with van der Waals surface area (Å²) in [7, 11) is 0. The second-order valence-electron chi connectivity index (χ2n) is 6.39. The Labute approximate surface area is 156 Å². The maximum atomic E-state index is 12.4. The van der Waals surface area contributed by atoms with Gasteiger partial charge >= 0.3 is 5.97 Å². The Morgan fingerprint density at radius 3 is 2.78 bits per heavy atom. The minimum absolute atomic E-state index is 0.0173. The molecule has 7 heteroatoms. The number of non-ortho nitro benzene ring substituents is 1. The molecule has 3 rings (SSSR count). The van der Waals surface area contributed by atoms with Gasteiger partial charge in [-0.2, -0.15) is 0 Å². The van der Waals surface area contributed by atoms with E-state index in [1.54, 1.807) is 29.2 Å². The van der Waals surface area contributed by atoms with Crippen LogP contribution in [0.3, 0.4) is 0 Å². The average Bonchev–Trinajstić information content (AvgIpc) is 2.68. The molecule has 0 atom stereocenters. The average molecular weight is 368 g/mol. The fourth-order valence-electron chi connectivity index (χ4n) is 3.09. The van der Waals surface area contributed by atoms with E-state index in [1.807, 2.05) is 13.0 Å². The zero-order valence-electron chi connectivity index (χ0n) is 15.0. The van der Waals surface area contributed by atoms with Crippen molar-refractivity contribution in [1.82, 2.24) is 0 Å². The number of nitro groups is 1. The first-order valence-electron chi connectivity index (χ1n) is 8.83. The molecule has 0 radical (unpaired) electrons. The number of hydrogen-bond acceptors (Lipinski definition) is 5. The molecule has 1 amide bonds. The molecule has 2 aromatic carbocycles. The number of esters is 1. The topological polar surface area (TPSA) is 89.8 Å². The quantitative estimate of drug-likeness (QED) is 0.441. The van der Waals surface area contributed by atoms with Gasteiger partial charge in [-0.05, 0) is 42.2 Å². The van der Waals surface area contributed by atoms with Crippen LogP contribution < -0.4 is 4.90 Å². The van der Waals surface area contributed by atoms with Crippen LogP contribution in [0.25, 0.3) is 0 Å². The van der Waals surface area contributed by atoms with E-state index in [2.05, 4.69) is 0 Å². The van der Waals surface area contributed by atoms with Gasteiger partial charge in [-0.25, -0.2) is 4.79 Å². The summed E-state index contributed by atoms with van der Waals surface area (Å²) < 4.78 is 5.15. The van der Waals surface area contributed by atoms with Crippen LogP contribution in [0.15, 0.2) is 42.5 Å². The normalized spacial score (nSPS) is 13.2. The van der Waals surface area contributed by atoms with Gasteiger partial charge in [0.25, 0.3) is 5.69 Å². The zero-order valence-corrected chi connectivity index (χ0v) is 15.0. The highest BCUT2D eigenvalue weighted by Gasteiger charge is 2.26. The van der Waals surface area contributed by atoms with Gasteiger partial charge in [-0.15, -0.1) is 0 Å². The number of benzene rings is 2. The van der Waals surface area contributed by atoms with Gasteiger partial charge in [0, 0.05) is 24.2 Å². The van der Waals surface area contributed by atoms with Crippen molar-refractivity contribution in [2.75, 3.05) is 11.5 Å². The largest absolute Gasteiger partial charge is 0.462 e. The number of hydrogen-bond donors (Lipinski definition) is 0. The molecule has 1 aliphatic heterocycles. The first-order valence-corrected chi connectivity index (χ1v) is 8.83. The van der Waals surface area contributed by atoms with Gasteiger partial charge in [0.05, 0.1) is 23.6 Å². The number of anilines is 1. The predicted molar refractivity (Wildman–Crippen MR) is 99.6 cm³/mol. The van der Waals surface area contributed by atoms with Crippen molar-refractivity contribution < 1.29 is 19.2 Å². The Balaban J connectivity index is 1.85. The first kappa shape index (κ1) is 18.6. The first-order chi connectivity index (χ1) is 13.0. The zero-order chi connectivity index (χ0) is 19.4. The van der Waals surface area contributed by atoms with Gasteiger partial charge in [-0.3, -0.25) is 14.9 Å². The SMILES string of the molecule is CCCOC(=O)c1cccc(CN2C(=O)CCc3cc([N+](=O)[O-])ccc32)c1. The van der Waals surface area contributed by atoms with Gasteiger partial charge < -0.3 is 9.64 Å². The van der Waals surface area contributed by atoms with Crippen LogP contribution in [-0.4, -0.2) is 23.4 Å². The molecule has 0 unspecified atom stereocenters. The van der Waals surface area contributed by atoms with Crippen molar-refractivity contribution in [3.8, 4) is 0 Å². The van der Waals surface area contributed by atoms with Crippen molar-refractivity contribution in [1.29, 1.82) is 0 Å². The van der Waals surface area contributed by atoms with Crippen LogP contribution in [0.4, 0.5) is 11.4 Å². The van der Waals surface area contributed by atoms with Crippen LogP contribution in [0.2, 0.25) is 0 Å². The molecule has 0 saturated heterocycles. The Morgan fingerprint density at radius 1 is 1.22 bits per heavy atom. The molecule has 0 aromatic heterocycles. The third-order valence-corrected chi connectivity index (χ3v) is 4.41. The Bertz CT molecular complexity index is 894. The number of carbonyl (C=O) groups is 2. The lowest BCUT2D eigenvalue weighted by Crippen LogP contribution is -2.34. The summed E-state index contributed by atoms with van der Waals surface area (Å²) in [6.07, 6.45) is 1.53. The van der Waals surface area contributed by atoms with E-state index in [-0.39, 0.29) is 17.6 Å². The van der Waals surface area contributed by atoms with Gasteiger partial charge in [0.1, 0.15) is 0 Å². The molecule has 1 aliphatic rings. The highest BCUT2D eigenvalue weighted by Crippen LogP contribution is 2.32. The van der Waals surface area contributed by atoms with Crippen molar-refractivity contribution >= 4 is 23.3 Å². The molecule has 0 spiro atoms. The van der Waals surface area contributed by atoms with Crippen LogP contribution in [0.1, 0.15) is 41.3 Å². The van der Waals surface area contributed by atoms with E-state index >= 15 is 0 Å². The number of ether oxygens (including phenoxy) is 1. The predicted octanol–water partition coefficient (Wildman–Crippen LogP) is 3.64. The second-order valence-corrected chi connectivity index (χ2v) is 6.39. The minimum atomic E-state index is -0.438. The van der Waals surface area contributed by atoms with E-state index in [0.717, 1.165) is 17.5 Å². The maximum absolute atomic E-state index is 12.4. The number of nitro benzene ring substituents is 1. The molecule has 0 aliphatic carbocycles. The third-order valence-electron chi connectivity index (χ3n) is 4.41. The number of rotatable bonds is 6. The Morgan fingerprint density at radius 2 is 2.04 bits per heavy atom. The molecule has 27 heavy (non-hydrogen) atoms. The standard InChI is InChI=1S/C20H20N2O5/c1-2-10-27-20(24)16-5-3-4-14(11-16)13-21-18-8-7-17(22(25)26)12-15(18)6-9-19(21)23/h3-5,7-8,11-12H,2,6,9-10,13H2,1H3. The molecule has 0 saturated carbocycles. The number of carbonyl (C=O) groups excluding carboxylic acids is 2. The lowest BCUT2D eigenvalue weighted by Gasteiger charge is -2.29. The van der Waals surface area contributed by atoms with Crippen LogP contribution in [0, 0.1) is 10.1 Å². The van der Waals surface area contributed by atoms with Crippen LogP contribution in [0.5, 0.6) is 0 Å². The smallest absolute Gasteiger partial charge is 0.338 e. The van der Waals surface area contributed by atoms with Crippen molar-refractivity contribution in [3.63, 3.8) is 0 Å². The van der Waals surface area contributed by atoms with Crippen molar-refractivity contribution in [2.45, 2.75) is 32.7 Å². The summed E-state index contributed by atoms with van der Waals surface area (Å²) in [5, 5.41) is 11.0. The van der Waals surface area contributed by atoms with Crippen molar-refractivity contribution in [2.24, 2.45) is 0 Å². The molecule has 1 heterocycles. The van der Waals surface area contributed by atoms with E-state index in [9.17, 15) is 19.7 Å². The molecule has 140 valence electrons. The lowest BCUT2D eigenvalue weighted by molar-refractivity contribution is -0.384. The maximum Gasteiger partial charge on any atom is 0.338 e. The number of aryl methyl sites for hydroxylation is 1. The molecule has 0 N–H and O–H groups in total. The molecule has 7 nitrogen and oxygen atoms in total. The number of fused-ring (bicyclic) bond motifs is 1. The van der Waals surface area contributed by atoms with E-state index < -0.39 is 4.92 Å². The van der Waals surface area contributed by atoms with Crippen LogP contribution in [-0.2, 0) is 22.5 Å². The van der Waals surface area contributed by atoms with Gasteiger partial charge in [-0.1, -0.05) is 19.1 Å². The fourth-order valence-corrected chi connectivity index (χ4v) is 3.09. The Hall–Kier alpha value is -3.22. The summed E-state index contributed by atoms with van der Waals surface area (Å²) in [5.41, 5.74) is 2.71. The van der Waals surface area contributed by atoms with E-state index in [1.165, 1.54) is 12.1 Å². The van der Waals surface area contributed by atoms with E-state index in [4.69, 9.17) is 4.74 Å². The lowest BCUT2D eigenvalue weighted by atomic mass is 9.99. The van der Waals surface area contributed by atoms with Gasteiger partial charge in [0.15, 0.2) is 0 Å². The summed E-state index contributed by atoms with van der Waals surface area (Å²) in [4.78, 5) is 36.6. The highest BCUT2D eigenvalue weighted by molar-refractivity contribution is 5.96. The Kier molecular flexibility index (Phi) is 5.49. The summed E-state index contributed by atoms with van der Waals surface area (Å²) in [6.45, 7) is 2.58. The van der Waals surface area contributed by atoms with Crippen molar-refractivity contribution in [3.05, 3.63) is 69.3 Å². The monoisotopic (exact) mass is 368 g/mol. The van der Waals surface area contributed by atoms with Crippen LogP contribution >= 0.6 is 0 Å². The van der Waals surface area contributed by atoms with Gasteiger partial charge in [0.2, 0.25) is 5.91 Å². The highest BCUT2D eigenvalue weighted by atomic mass is 16.6. The molecule has 0 bridgehead atoms. The summed E-state index contributed by atoms with van der Waals surface area (Å²) in [5.74, 6) is -0.435. The summed E-state index contributed by atoms with van der Waals surface area (Å²) >= 11 is 0. The molecular formula is C20H20N2O5. The third kappa shape index (κ3) is 4.13. The molecule has 2 aromatic rings.